The largest absolute Gasteiger partial charge is 0.351 e. The highest BCUT2D eigenvalue weighted by atomic mass is 15.3. The molecule has 2 heterocycles. The van der Waals surface area contributed by atoms with Crippen LogP contribution in [-0.4, -0.2) is 31.5 Å². The normalized spacial score (nSPS) is 11.0. The zero-order valence-electron chi connectivity index (χ0n) is 14.6. The summed E-state index contributed by atoms with van der Waals surface area (Å²) in [5.41, 5.74) is 3.85. The summed E-state index contributed by atoms with van der Waals surface area (Å²) in [4.78, 5) is 0. The molecule has 0 amide bonds. The molecule has 0 radical (unpaired) electrons. The van der Waals surface area contributed by atoms with Crippen LogP contribution in [0.5, 0.6) is 0 Å². The number of para-hydroxylation sites is 1. The molecule has 0 saturated carbocycles. The lowest BCUT2D eigenvalue weighted by Crippen LogP contribution is -2.10. The zero-order valence-corrected chi connectivity index (χ0v) is 14.6. The zero-order chi connectivity index (χ0) is 17.8. The average Bonchev–Trinajstić information content (AvgIpc) is 3.02. The third-order valence-corrected chi connectivity index (χ3v) is 4.32. The molecule has 1 N–H and O–H groups in total. The molecule has 0 fully saturated rings. The summed E-state index contributed by atoms with van der Waals surface area (Å²) in [6.45, 7) is 3.36. The van der Waals surface area contributed by atoms with Crippen molar-refractivity contribution in [2.24, 2.45) is 0 Å². The number of hydrogen-bond donors (Lipinski definition) is 1. The molecule has 0 spiro atoms. The Bertz CT molecular complexity index is 992. The summed E-state index contributed by atoms with van der Waals surface area (Å²) >= 11 is 0. The van der Waals surface area contributed by atoms with E-state index >= 15 is 0 Å². The van der Waals surface area contributed by atoms with Crippen molar-refractivity contribution in [1.82, 2.24) is 25.0 Å². The summed E-state index contributed by atoms with van der Waals surface area (Å²) in [5.74, 6) is 1.03. The van der Waals surface area contributed by atoms with Crippen LogP contribution in [0.1, 0.15) is 17.0 Å². The number of aryl methyl sites for hydroxylation is 1. The van der Waals surface area contributed by atoms with Gasteiger partial charge in [-0.3, -0.25) is 0 Å². The van der Waals surface area contributed by atoms with Crippen molar-refractivity contribution in [1.29, 1.82) is 0 Å². The topological polar surface area (TPSA) is 68.5 Å². The van der Waals surface area contributed by atoms with Crippen molar-refractivity contribution in [3.8, 4) is 0 Å². The first-order valence-electron chi connectivity index (χ1n) is 8.68. The summed E-state index contributed by atoms with van der Waals surface area (Å²) in [6.07, 6.45) is 3.12. The minimum absolute atomic E-state index is 0.462. The Hall–Kier alpha value is -3.28. The second-order valence-corrected chi connectivity index (χ2v) is 6.23. The molecule has 0 unspecified atom stereocenters. The van der Waals surface area contributed by atoms with Gasteiger partial charge in [-0.25, -0.2) is 0 Å². The maximum absolute atomic E-state index is 3.99. The van der Waals surface area contributed by atoms with Gasteiger partial charge in [-0.1, -0.05) is 48.5 Å². The molecule has 6 heteroatoms. The van der Waals surface area contributed by atoms with E-state index in [2.05, 4.69) is 85.0 Å². The SMILES string of the molecule is Cc1nnc(NCCc2cn(Cc3ccccc3)c3ccccc23)nn1. The van der Waals surface area contributed by atoms with Crippen molar-refractivity contribution in [3.63, 3.8) is 0 Å². The number of benzene rings is 2. The van der Waals surface area contributed by atoms with Gasteiger partial charge in [-0.05, 0) is 30.5 Å². The van der Waals surface area contributed by atoms with Crippen LogP contribution in [0.4, 0.5) is 5.95 Å². The quantitative estimate of drug-likeness (QED) is 0.581. The van der Waals surface area contributed by atoms with Crippen LogP contribution in [0.15, 0.2) is 60.8 Å². The van der Waals surface area contributed by atoms with Crippen molar-refractivity contribution in [2.75, 3.05) is 11.9 Å². The van der Waals surface area contributed by atoms with Crippen LogP contribution in [0, 0.1) is 6.92 Å². The first-order chi connectivity index (χ1) is 12.8. The Balaban J connectivity index is 1.52. The first-order valence-corrected chi connectivity index (χ1v) is 8.68. The summed E-state index contributed by atoms with van der Waals surface area (Å²) in [7, 11) is 0. The number of anilines is 1. The molecule has 26 heavy (non-hydrogen) atoms. The lowest BCUT2D eigenvalue weighted by molar-refractivity contribution is 0.800. The number of hydrogen-bond acceptors (Lipinski definition) is 5. The van der Waals surface area contributed by atoms with Crippen molar-refractivity contribution in [3.05, 3.63) is 77.7 Å². The molecule has 2 aromatic heterocycles. The van der Waals surface area contributed by atoms with Gasteiger partial charge in [-0.15, -0.1) is 20.4 Å². The monoisotopic (exact) mass is 344 g/mol. The van der Waals surface area contributed by atoms with Gasteiger partial charge >= 0.3 is 0 Å². The maximum Gasteiger partial charge on any atom is 0.262 e. The van der Waals surface area contributed by atoms with Gasteiger partial charge in [0.15, 0.2) is 5.82 Å². The highest BCUT2D eigenvalue weighted by Gasteiger charge is 2.09. The van der Waals surface area contributed by atoms with Gasteiger partial charge in [0.1, 0.15) is 0 Å². The molecule has 0 atom stereocenters. The molecule has 2 aromatic carbocycles. The molecule has 4 aromatic rings. The van der Waals surface area contributed by atoms with E-state index in [4.69, 9.17) is 0 Å². The molecule has 0 aliphatic rings. The second-order valence-electron chi connectivity index (χ2n) is 6.23. The average molecular weight is 344 g/mol. The maximum atomic E-state index is 3.99. The van der Waals surface area contributed by atoms with E-state index in [9.17, 15) is 0 Å². The number of rotatable bonds is 6. The number of nitrogens with one attached hydrogen (secondary N) is 1. The Morgan fingerprint density at radius 1 is 0.885 bits per heavy atom. The first kappa shape index (κ1) is 16.2. The van der Waals surface area contributed by atoms with Crippen LogP contribution in [0.2, 0.25) is 0 Å². The van der Waals surface area contributed by atoms with Crippen molar-refractivity contribution >= 4 is 16.9 Å². The van der Waals surface area contributed by atoms with E-state index in [0.29, 0.717) is 11.8 Å². The van der Waals surface area contributed by atoms with E-state index in [-0.39, 0.29) is 0 Å². The highest BCUT2D eigenvalue weighted by Crippen LogP contribution is 2.23. The van der Waals surface area contributed by atoms with Crippen LogP contribution >= 0.6 is 0 Å². The number of fused-ring (bicyclic) bond motifs is 1. The summed E-state index contributed by atoms with van der Waals surface area (Å²) in [5, 5.41) is 20.3. The van der Waals surface area contributed by atoms with Gasteiger partial charge in [0.25, 0.3) is 5.95 Å². The summed E-state index contributed by atoms with van der Waals surface area (Å²) < 4.78 is 2.31. The molecule has 0 saturated heterocycles. The fourth-order valence-corrected chi connectivity index (χ4v) is 3.09. The highest BCUT2D eigenvalue weighted by molar-refractivity contribution is 5.84. The smallest absolute Gasteiger partial charge is 0.262 e. The van der Waals surface area contributed by atoms with Crippen molar-refractivity contribution < 1.29 is 0 Å². The molecule has 0 aliphatic heterocycles. The van der Waals surface area contributed by atoms with E-state index in [1.807, 2.05) is 6.07 Å². The summed E-state index contributed by atoms with van der Waals surface area (Å²) in [6, 6.07) is 19.0. The van der Waals surface area contributed by atoms with Crippen LogP contribution in [-0.2, 0) is 13.0 Å². The van der Waals surface area contributed by atoms with E-state index in [1.165, 1.54) is 22.0 Å². The Kier molecular flexibility index (Phi) is 4.55. The molecular formula is C20H20N6. The van der Waals surface area contributed by atoms with E-state index in [1.54, 1.807) is 6.92 Å². The minimum atomic E-state index is 0.462. The Labute approximate surface area is 151 Å². The minimum Gasteiger partial charge on any atom is -0.351 e. The van der Waals surface area contributed by atoms with Gasteiger partial charge in [0.05, 0.1) is 0 Å². The second kappa shape index (κ2) is 7.31. The van der Waals surface area contributed by atoms with Crippen LogP contribution < -0.4 is 5.32 Å². The van der Waals surface area contributed by atoms with Gasteiger partial charge in [0.2, 0.25) is 0 Å². The van der Waals surface area contributed by atoms with Gasteiger partial charge in [-0.2, -0.15) is 0 Å². The van der Waals surface area contributed by atoms with Crippen LogP contribution in [0.25, 0.3) is 10.9 Å². The van der Waals surface area contributed by atoms with Gasteiger partial charge in [0, 0.05) is 30.2 Å². The van der Waals surface area contributed by atoms with E-state index in [0.717, 1.165) is 19.5 Å². The predicted molar refractivity (Wildman–Crippen MR) is 102 cm³/mol. The lowest BCUT2D eigenvalue weighted by Gasteiger charge is -2.05. The number of aromatic nitrogens is 5. The standard InChI is InChI=1S/C20H20N6/c1-15-22-24-20(25-23-15)21-12-11-17-14-26(13-16-7-3-2-4-8-16)19-10-6-5-9-18(17)19/h2-10,14H,11-13H2,1H3,(H,21,24,25). The molecular weight excluding hydrogens is 324 g/mol. The van der Waals surface area contributed by atoms with Crippen molar-refractivity contribution in [2.45, 2.75) is 19.9 Å². The van der Waals surface area contributed by atoms with Gasteiger partial charge < -0.3 is 9.88 Å². The van der Waals surface area contributed by atoms with Crippen LogP contribution in [0.3, 0.4) is 0 Å². The molecule has 4 rings (SSSR count). The number of nitrogens with zero attached hydrogens (tertiary/aromatic N) is 5. The molecule has 130 valence electrons. The Morgan fingerprint density at radius 2 is 1.62 bits per heavy atom. The lowest BCUT2D eigenvalue weighted by atomic mass is 10.1. The molecule has 0 bridgehead atoms. The fraction of sp³-hybridized carbons (Fsp3) is 0.200. The third-order valence-electron chi connectivity index (χ3n) is 4.32. The Morgan fingerprint density at radius 3 is 2.42 bits per heavy atom. The molecule has 0 aliphatic carbocycles. The third kappa shape index (κ3) is 3.54. The predicted octanol–water partition coefficient (Wildman–Crippen LogP) is 3.23. The fourth-order valence-electron chi connectivity index (χ4n) is 3.09. The van der Waals surface area contributed by atoms with E-state index < -0.39 is 0 Å². The molecule has 6 nitrogen and oxygen atoms in total.